The Morgan fingerprint density at radius 3 is 2.17 bits per heavy atom. The fraction of sp³-hybridized carbons (Fsp3) is 0.263. The van der Waals surface area contributed by atoms with Gasteiger partial charge in [0.05, 0.1) is 0 Å². The number of anilines is 3. The van der Waals surface area contributed by atoms with Gasteiger partial charge in [-0.1, -0.05) is 12.1 Å². The second-order valence-corrected chi connectivity index (χ2v) is 5.80. The van der Waals surface area contributed by atoms with E-state index in [-0.39, 0.29) is 11.8 Å². The van der Waals surface area contributed by atoms with Crippen LogP contribution in [-0.4, -0.2) is 18.4 Å². The molecule has 0 atom stereocenters. The Morgan fingerprint density at radius 2 is 1.54 bits per heavy atom. The summed E-state index contributed by atoms with van der Waals surface area (Å²) in [5, 5.41) is 8.82. The second kappa shape index (κ2) is 8.15. The van der Waals surface area contributed by atoms with Crippen LogP contribution in [-0.2, 0) is 9.59 Å². The summed E-state index contributed by atoms with van der Waals surface area (Å²) in [6, 6.07) is 13.2. The molecule has 5 nitrogen and oxygen atoms in total. The lowest BCUT2D eigenvalue weighted by atomic mass is 10.1. The van der Waals surface area contributed by atoms with Crippen molar-refractivity contribution in [3.63, 3.8) is 0 Å². The van der Waals surface area contributed by atoms with Crippen LogP contribution in [0.5, 0.6) is 0 Å². The van der Waals surface area contributed by atoms with Crippen molar-refractivity contribution in [2.24, 2.45) is 0 Å². The molecule has 0 aromatic heterocycles. The number of hydrogen-bond acceptors (Lipinski definition) is 3. The van der Waals surface area contributed by atoms with Crippen LogP contribution in [0.1, 0.15) is 24.5 Å². The highest BCUT2D eigenvalue weighted by Crippen LogP contribution is 2.16. The van der Waals surface area contributed by atoms with Crippen LogP contribution in [0.4, 0.5) is 17.1 Å². The summed E-state index contributed by atoms with van der Waals surface area (Å²) in [4.78, 5) is 23.0. The molecule has 24 heavy (non-hydrogen) atoms. The van der Waals surface area contributed by atoms with Crippen LogP contribution in [0.2, 0.25) is 0 Å². The number of aryl methyl sites for hydroxylation is 2. The van der Waals surface area contributed by atoms with Crippen molar-refractivity contribution >= 4 is 28.9 Å². The third kappa shape index (κ3) is 5.43. The fourth-order valence-corrected chi connectivity index (χ4v) is 2.30. The van der Waals surface area contributed by atoms with Gasteiger partial charge in [0.1, 0.15) is 0 Å². The zero-order valence-corrected chi connectivity index (χ0v) is 14.3. The van der Waals surface area contributed by atoms with E-state index in [2.05, 4.69) is 34.1 Å². The standard InChI is InChI=1S/C19H23N3O2/c1-13-4-5-14(2)18(12-13)20-11-10-19(24)22-17-8-6-16(7-9-17)21-15(3)23/h4-9,12,20H,10-11H2,1-3H3,(H,21,23)(H,22,24). The highest BCUT2D eigenvalue weighted by atomic mass is 16.2. The average molecular weight is 325 g/mol. The Labute approximate surface area is 142 Å². The van der Waals surface area contributed by atoms with E-state index >= 15 is 0 Å². The first-order valence-corrected chi connectivity index (χ1v) is 7.92. The van der Waals surface area contributed by atoms with Gasteiger partial charge >= 0.3 is 0 Å². The van der Waals surface area contributed by atoms with Crippen LogP contribution in [0.25, 0.3) is 0 Å². The zero-order chi connectivity index (χ0) is 17.5. The smallest absolute Gasteiger partial charge is 0.226 e. The molecule has 5 heteroatoms. The van der Waals surface area contributed by atoms with Crippen LogP contribution in [0.15, 0.2) is 42.5 Å². The summed E-state index contributed by atoms with van der Waals surface area (Å²) in [7, 11) is 0. The Bertz CT molecular complexity index is 724. The molecule has 0 aliphatic rings. The molecule has 0 saturated carbocycles. The van der Waals surface area contributed by atoms with Gasteiger partial charge in [-0.05, 0) is 55.3 Å². The summed E-state index contributed by atoms with van der Waals surface area (Å²) < 4.78 is 0. The Morgan fingerprint density at radius 1 is 0.917 bits per heavy atom. The molecule has 2 rings (SSSR count). The van der Waals surface area contributed by atoms with Gasteiger partial charge in [-0.3, -0.25) is 9.59 Å². The maximum absolute atomic E-state index is 12.0. The fourth-order valence-electron chi connectivity index (χ4n) is 2.30. The van der Waals surface area contributed by atoms with E-state index in [0.29, 0.717) is 24.3 Å². The topological polar surface area (TPSA) is 70.2 Å². The van der Waals surface area contributed by atoms with Gasteiger partial charge in [0.2, 0.25) is 11.8 Å². The van der Waals surface area contributed by atoms with Gasteiger partial charge in [-0.25, -0.2) is 0 Å². The minimum atomic E-state index is -0.121. The summed E-state index contributed by atoms with van der Waals surface area (Å²) in [6.07, 6.45) is 0.376. The molecule has 0 bridgehead atoms. The van der Waals surface area contributed by atoms with Crippen molar-refractivity contribution in [3.05, 3.63) is 53.6 Å². The molecule has 126 valence electrons. The molecular formula is C19H23N3O2. The highest BCUT2D eigenvalue weighted by Gasteiger charge is 2.04. The van der Waals surface area contributed by atoms with E-state index in [1.54, 1.807) is 24.3 Å². The van der Waals surface area contributed by atoms with E-state index in [1.165, 1.54) is 12.5 Å². The van der Waals surface area contributed by atoms with Gasteiger partial charge < -0.3 is 16.0 Å². The molecule has 2 aromatic rings. The molecule has 0 fully saturated rings. The largest absolute Gasteiger partial charge is 0.384 e. The maximum Gasteiger partial charge on any atom is 0.226 e. The minimum Gasteiger partial charge on any atom is -0.384 e. The van der Waals surface area contributed by atoms with Gasteiger partial charge in [0.25, 0.3) is 0 Å². The monoisotopic (exact) mass is 325 g/mol. The first kappa shape index (κ1) is 17.5. The number of rotatable bonds is 6. The lowest BCUT2D eigenvalue weighted by Crippen LogP contribution is -2.16. The number of amides is 2. The molecule has 0 saturated heterocycles. The van der Waals surface area contributed by atoms with Crippen LogP contribution < -0.4 is 16.0 Å². The lowest BCUT2D eigenvalue weighted by Gasteiger charge is -2.11. The quantitative estimate of drug-likeness (QED) is 0.758. The lowest BCUT2D eigenvalue weighted by molar-refractivity contribution is -0.116. The van der Waals surface area contributed by atoms with Gasteiger partial charge in [0, 0.05) is 37.0 Å². The number of hydrogen-bond donors (Lipinski definition) is 3. The van der Waals surface area contributed by atoms with E-state index in [9.17, 15) is 9.59 Å². The van der Waals surface area contributed by atoms with Crippen molar-refractivity contribution in [1.82, 2.24) is 0 Å². The van der Waals surface area contributed by atoms with Gasteiger partial charge in [-0.2, -0.15) is 0 Å². The molecule has 0 unspecified atom stereocenters. The van der Waals surface area contributed by atoms with E-state index in [4.69, 9.17) is 0 Å². The summed E-state index contributed by atoms with van der Waals surface area (Å²) in [5.74, 6) is -0.176. The Kier molecular flexibility index (Phi) is 5.95. The zero-order valence-electron chi connectivity index (χ0n) is 14.3. The number of carbonyl (C=O) groups is 2. The van der Waals surface area contributed by atoms with Gasteiger partial charge in [0.15, 0.2) is 0 Å². The van der Waals surface area contributed by atoms with Crippen molar-refractivity contribution in [2.45, 2.75) is 27.2 Å². The maximum atomic E-state index is 12.0. The first-order chi connectivity index (χ1) is 11.4. The number of nitrogens with one attached hydrogen (secondary N) is 3. The van der Waals surface area contributed by atoms with Crippen LogP contribution in [0.3, 0.4) is 0 Å². The second-order valence-electron chi connectivity index (χ2n) is 5.80. The Hall–Kier alpha value is -2.82. The average Bonchev–Trinajstić information content (AvgIpc) is 2.52. The minimum absolute atomic E-state index is 0.0555. The van der Waals surface area contributed by atoms with Crippen molar-refractivity contribution in [1.29, 1.82) is 0 Å². The molecule has 0 spiro atoms. The predicted molar refractivity (Wildman–Crippen MR) is 98.4 cm³/mol. The molecular weight excluding hydrogens is 302 g/mol. The third-order valence-electron chi connectivity index (χ3n) is 3.55. The van der Waals surface area contributed by atoms with E-state index < -0.39 is 0 Å². The predicted octanol–water partition coefficient (Wildman–Crippen LogP) is 3.70. The first-order valence-electron chi connectivity index (χ1n) is 7.92. The Balaban J connectivity index is 1.80. The molecule has 0 aliphatic heterocycles. The summed E-state index contributed by atoms with van der Waals surface area (Å²) in [5.41, 5.74) is 4.82. The highest BCUT2D eigenvalue weighted by molar-refractivity contribution is 5.92. The normalized spacial score (nSPS) is 10.1. The summed E-state index contributed by atoms with van der Waals surface area (Å²) in [6.45, 7) is 6.11. The van der Waals surface area contributed by atoms with E-state index in [0.717, 1.165) is 11.3 Å². The molecule has 0 radical (unpaired) electrons. The molecule has 3 N–H and O–H groups in total. The van der Waals surface area contributed by atoms with E-state index in [1.807, 2.05) is 13.8 Å². The molecule has 2 amide bonds. The van der Waals surface area contributed by atoms with Crippen molar-refractivity contribution in [3.8, 4) is 0 Å². The number of carbonyl (C=O) groups excluding carboxylic acids is 2. The van der Waals surface area contributed by atoms with Crippen LogP contribution >= 0.6 is 0 Å². The van der Waals surface area contributed by atoms with Gasteiger partial charge in [-0.15, -0.1) is 0 Å². The third-order valence-corrected chi connectivity index (χ3v) is 3.55. The molecule has 0 heterocycles. The summed E-state index contributed by atoms with van der Waals surface area (Å²) >= 11 is 0. The van der Waals surface area contributed by atoms with Crippen molar-refractivity contribution < 1.29 is 9.59 Å². The van der Waals surface area contributed by atoms with Crippen LogP contribution in [0, 0.1) is 13.8 Å². The molecule has 0 aliphatic carbocycles. The van der Waals surface area contributed by atoms with Crippen molar-refractivity contribution in [2.75, 3.05) is 22.5 Å². The number of benzene rings is 2. The molecule has 2 aromatic carbocycles. The SMILES string of the molecule is CC(=O)Nc1ccc(NC(=O)CCNc2cc(C)ccc2C)cc1.